The summed E-state index contributed by atoms with van der Waals surface area (Å²) >= 11 is 6.13. The molecule has 3 N–H and O–H groups in total. The van der Waals surface area contributed by atoms with E-state index in [0.717, 1.165) is 30.5 Å². The molecule has 130 valence electrons. The standard InChI is InChI=1S/C17H16ClFN4O2/c18-12-8-9(19)4-5-11(12)17(6-7-17)16(20)23-25-15(24)14-10-2-1-3-13(10)21-22-14/h4-5,8H,1-3,6-7H2,(H2,20,23)(H,21,22). The number of oxime groups is 1. The fraction of sp³-hybridized carbons (Fsp3) is 0.353. The maximum atomic E-state index is 13.3. The molecule has 1 aromatic carbocycles. The van der Waals surface area contributed by atoms with Crippen LogP contribution in [0.2, 0.25) is 5.02 Å². The van der Waals surface area contributed by atoms with Crippen molar-refractivity contribution in [2.45, 2.75) is 37.5 Å². The van der Waals surface area contributed by atoms with Gasteiger partial charge in [0, 0.05) is 16.3 Å². The summed E-state index contributed by atoms with van der Waals surface area (Å²) in [4.78, 5) is 17.2. The highest BCUT2D eigenvalue weighted by molar-refractivity contribution is 6.32. The zero-order chi connectivity index (χ0) is 17.6. The van der Waals surface area contributed by atoms with Gasteiger partial charge in [-0.2, -0.15) is 5.10 Å². The quantitative estimate of drug-likeness (QED) is 0.378. The molecule has 0 atom stereocenters. The van der Waals surface area contributed by atoms with Crippen LogP contribution in [0.25, 0.3) is 0 Å². The fourth-order valence-corrected chi connectivity index (χ4v) is 3.72. The first-order valence-electron chi connectivity index (χ1n) is 8.08. The van der Waals surface area contributed by atoms with Gasteiger partial charge in [-0.25, -0.2) is 9.18 Å². The van der Waals surface area contributed by atoms with Gasteiger partial charge in [0.05, 0.1) is 5.41 Å². The van der Waals surface area contributed by atoms with Crippen LogP contribution in [0.15, 0.2) is 23.4 Å². The van der Waals surface area contributed by atoms with Gasteiger partial charge in [0.15, 0.2) is 11.5 Å². The third-order valence-electron chi connectivity index (χ3n) is 4.91. The van der Waals surface area contributed by atoms with E-state index in [9.17, 15) is 9.18 Å². The van der Waals surface area contributed by atoms with Crippen molar-refractivity contribution in [3.63, 3.8) is 0 Å². The summed E-state index contributed by atoms with van der Waals surface area (Å²) in [5.74, 6) is -0.899. The molecule has 1 fully saturated rings. The second-order valence-corrected chi connectivity index (χ2v) is 6.85. The molecule has 0 radical (unpaired) electrons. The summed E-state index contributed by atoms with van der Waals surface area (Å²) in [5.41, 5.74) is 8.27. The molecule has 0 bridgehead atoms. The molecule has 2 aliphatic rings. The predicted molar refractivity (Wildman–Crippen MR) is 90.0 cm³/mol. The van der Waals surface area contributed by atoms with Crippen molar-refractivity contribution in [1.82, 2.24) is 10.2 Å². The number of nitrogens with zero attached hydrogens (tertiary/aromatic N) is 2. The molecule has 0 spiro atoms. The second kappa shape index (κ2) is 5.84. The molecular weight excluding hydrogens is 347 g/mol. The third kappa shape index (κ3) is 2.68. The Balaban J connectivity index is 1.54. The Morgan fingerprint density at radius 1 is 1.40 bits per heavy atom. The molecule has 1 saturated carbocycles. The molecular formula is C17H16ClFN4O2. The number of hydrogen-bond acceptors (Lipinski definition) is 4. The van der Waals surface area contributed by atoms with Crippen molar-refractivity contribution >= 4 is 23.4 Å². The van der Waals surface area contributed by atoms with E-state index in [4.69, 9.17) is 22.2 Å². The van der Waals surface area contributed by atoms with Crippen LogP contribution in [-0.4, -0.2) is 22.0 Å². The lowest BCUT2D eigenvalue weighted by Crippen LogP contribution is -2.30. The Kier molecular flexibility index (Phi) is 3.76. The Morgan fingerprint density at radius 2 is 2.20 bits per heavy atom. The van der Waals surface area contributed by atoms with E-state index in [1.54, 1.807) is 6.07 Å². The number of amidine groups is 1. The van der Waals surface area contributed by atoms with Gasteiger partial charge in [0.1, 0.15) is 5.82 Å². The SMILES string of the molecule is N/C(=N\OC(=O)c1n[nH]c2c1CCC2)C1(c2ccc(F)cc2Cl)CC1. The number of aromatic amines is 1. The molecule has 0 saturated heterocycles. The first-order chi connectivity index (χ1) is 12.0. The smallest absolute Gasteiger partial charge is 0.384 e. The van der Waals surface area contributed by atoms with Crippen molar-refractivity contribution in [3.8, 4) is 0 Å². The van der Waals surface area contributed by atoms with Crippen LogP contribution >= 0.6 is 11.6 Å². The van der Waals surface area contributed by atoms with E-state index < -0.39 is 17.2 Å². The molecule has 1 heterocycles. The molecule has 25 heavy (non-hydrogen) atoms. The number of carbonyl (C=O) groups excluding carboxylic acids is 1. The van der Waals surface area contributed by atoms with Gasteiger partial charge in [-0.3, -0.25) is 5.10 Å². The topological polar surface area (TPSA) is 93.4 Å². The monoisotopic (exact) mass is 362 g/mol. The van der Waals surface area contributed by atoms with Crippen LogP contribution in [-0.2, 0) is 23.1 Å². The lowest BCUT2D eigenvalue weighted by Gasteiger charge is -2.16. The minimum atomic E-state index is -0.636. The van der Waals surface area contributed by atoms with Crippen molar-refractivity contribution in [2.75, 3.05) is 0 Å². The second-order valence-electron chi connectivity index (χ2n) is 6.44. The number of aryl methyl sites for hydroxylation is 1. The average Bonchev–Trinajstić information content (AvgIpc) is 3.07. The Labute approximate surface area is 148 Å². The third-order valence-corrected chi connectivity index (χ3v) is 5.23. The van der Waals surface area contributed by atoms with E-state index in [0.29, 0.717) is 18.4 Å². The maximum absolute atomic E-state index is 13.3. The number of rotatable bonds is 4. The zero-order valence-electron chi connectivity index (χ0n) is 13.3. The molecule has 0 amide bonds. The lowest BCUT2D eigenvalue weighted by atomic mass is 9.95. The summed E-state index contributed by atoms with van der Waals surface area (Å²) in [5, 5.41) is 11.0. The molecule has 0 aliphatic heterocycles. The van der Waals surface area contributed by atoms with Crippen molar-refractivity contribution in [2.24, 2.45) is 10.9 Å². The number of hydrogen-bond donors (Lipinski definition) is 2. The highest BCUT2D eigenvalue weighted by Crippen LogP contribution is 2.50. The van der Waals surface area contributed by atoms with E-state index in [1.165, 1.54) is 12.1 Å². The Hall–Kier alpha value is -2.41. The molecule has 8 heteroatoms. The highest BCUT2D eigenvalue weighted by Gasteiger charge is 2.50. The average molecular weight is 363 g/mol. The van der Waals surface area contributed by atoms with Crippen LogP contribution < -0.4 is 5.73 Å². The van der Waals surface area contributed by atoms with Crippen molar-refractivity contribution in [1.29, 1.82) is 0 Å². The molecule has 6 nitrogen and oxygen atoms in total. The van der Waals surface area contributed by atoms with Gasteiger partial charge in [-0.1, -0.05) is 22.8 Å². The Morgan fingerprint density at radius 3 is 2.92 bits per heavy atom. The highest BCUT2D eigenvalue weighted by atomic mass is 35.5. The van der Waals surface area contributed by atoms with Crippen LogP contribution in [0.3, 0.4) is 0 Å². The number of H-pyrrole nitrogens is 1. The number of benzene rings is 1. The summed E-state index contributed by atoms with van der Waals surface area (Å²) in [6.45, 7) is 0. The molecule has 2 aromatic rings. The molecule has 1 aromatic heterocycles. The summed E-state index contributed by atoms with van der Waals surface area (Å²) in [6, 6.07) is 4.16. The van der Waals surface area contributed by atoms with Crippen LogP contribution in [0.4, 0.5) is 4.39 Å². The van der Waals surface area contributed by atoms with Crippen LogP contribution in [0.5, 0.6) is 0 Å². The van der Waals surface area contributed by atoms with Gasteiger partial charge in [0.2, 0.25) is 0 Å². The van der Waals surface area contributed by atoms with Gasteiger partial charge in [-0.05, 0) is 49.8 Å². The predicted octanol–water partition coefficient (Wildman–Crippen LogP) is 2.85. The lowest BCUT2D eigenvalue weighted by molar-refractivity contribution is 0.0505. The first kappa shape index (κ1) is 16.1. The van der Waals surface area contributed by atoms with E-state index in [2.05, 4.69) is 15.4 Å². The van der Waals surface area contributed by atoms with E-state index in [1.807, 2.05) is 0 Å². The van der Waals surface area contributed by atoms with Crippen LogP contribution in [0, 0.1) is 5.82 Å². The van der Waals surface area contributed by atoms with Gasteiger partial charge >= 0.3 is 5.97 Å². The first-order valence-corrected chi connectivity index (χ1v) is 8.46. The number of nitrogens with one attached hydrogen (secondary N) is 1. The van der Waals surface area contributed by atoms with E-state index >= 15 is 0 Å². The molecule has 2 aliphatic carbocycles. The number of nitrogens with two attached hydrogens (primary N) is 1. The largest absolute Gasteiger partial charge is 0.386 e. The minimum Gasteiger partial charge on any atom is -0.384 e. The van der Waals surface area contributed by atoms with Crippen molar-refractivity contribution < 1.29 is 14.0 Å². The summed E-state index contributed by atoms with van der Waals surface area (Å²) in [7, 11) is 0. The van der Waals surface area contributed by atoms with Gasteiger partial charge < -0.3 is 10.6 Å². The molecule has 0 unspecified atom stereocenters. The van der Waals surface area contributed by atoms with Crippen molar-refractivity contribution in [3.05, 3.63) is 51.6 Å². The normalized spacial score (nSPS) is 18.1. The number of halogens is 2. The molecule has 4 rings (SSSR count). The number of fused-ring (bicyclic) bond motifs is 1. The van der Waals surface area contributed by atoms with Gasteiger partial charge in [-0.15, -0.1) is 0 Å². The number of aromatic nitrogens is 2. The number of carbonyl (C=O) groups is 1. The maximum Gasteiger partial charge on any atom is 0.386 e. The van der Waals surface area contributed by atoms with Gasteiger partial charge in [0.25, 0.3) is 0 Å². The fourth-order valence-electron chi connectivity index (χ4n) is 3.38. The summed E-state index contributed by atoms with van der Waals surface area (Å²) in [6.07, 6.45) is 4.09. The summed E-state index contributed by atoms with van der Waals surface area (Å²) < 4.78 is 13.3. The van der Waals surface area contributed by atoms with Crippen LogP contribution in [0.1, 0.15) is 46.6 Å². The van der Waals surface area contributed by atoms with E-state index in [-0.39, 0.29) is 16.6 Å². The Bertz CT molecular complexity index is 889. The minimum absolute atomic E-state index is 0.154. The zero-order valence-corrected chi connectivity index (χ0v) is 14.1.